The highest BCUT2D eigenvalue weighted by Gasteiger charge is 1.96. The van der Waals surface area contributed by atoms with Crippen LogP contribution in [0, 0.1) is 0 Å². The van der Waals surface area contributed by atoms with Crippen LogP contribution in [0.2, 0.25) is 0 Å². The summed E-state index contributed by atoms with van der Waals surface area (Å²) in [6, 6.07) is 0. The van der Waals surface area contributed by atoms with E-state index in [4.69, 9.17) is 5.11 Å². The maximum Gasteiger partial charge on any atom is 0.364 e. The van der Waals surface area contributed by atoms with E-state index in [1.165, 1.54) is 57.8 Å². The molecule has 4 heteroatoms. The van der Waals surface area contributed by atoms with Gasteiger partial charge in [-0.1, -0.05) is 64.7 Å². The lowest BCUT2D eigenvalue weighted by molar-refractivity contribution is 0.222. The van der Waals surface area contributed by atoms with Gasteiger partial charge in [0, 0.05) is 5.75 Å². The molecule has 0 aromatic heterocycles. The number of thioether (sulfide) groups is 1. The Kier molecular flexibility index (Phi) is 18.4. The fourth-order valence-electron chi connectivity index (χ4n) is 1.75. The summed E-state index contributed by atoms with van der Waals surface area (Å²) in [5.41, 5.74) is 0. The highest BCUT2D eigenvalue weighted by atomic mass is 35.5. The topological polar surface area (TPSA) is 37.3 Å². The second-order valence-electron chi connectivity index (χ2n) is 4.30. The number of rotatable bonds is 11. The fraction of sp³-hybridized carbons (Fsp3) is 0.923. The molecule has 2 nitrogen and oxygen atoms in total. The van der Waals surface area contributed by atoms with Gasteiger partial charge in [-0.2, -0.15) is 0 Å². The molecule has 0 atom stereocenters. The molecular weight excluding hydrogens is 256 g/mol. The van der Waals surface area contributed by atoms with Crippen LogP contribution in [0.4, 0.5) is 4.79 Å². The van der Waals surface area contributed by atoms with E-state index in [1.54, 1.807) is 0 Å². The third-order valence-corrected chi connectivity index (χ3v) is 3.46. The highest BCUT2D eigenvalue weighted by Crippen LogP contribution is 2.12. The number of unbranched alkanes of at least 4 members (excludes halogenated alkanes) is 9. The van der Waals surface area contributed by atoms with Crippen LogP contribution in [-0.4, -0.2) is 16.2 Å². The Labute approximate surface area is 116 Å². The molecule has 0 aliphatic carbocycles. The summed E-state index contributed by atoms with van der Waals surface area (Å²) in [6.45, 7) is 2.25. The summed E-state index contributed by atoms with van der Waals surface area (Å²) in [7, 11) is 0. The van der Waals surface area contributed by atoms with Crippen LogP contribution >= 0.6 is 24.2 Å². The van der Waals surface area contributed by atoms with Crippen LogP contribution in [0.1, 0.15) is 71.1 Å². The molecule has 0 aromatic rings. The molecule has 0 bridgehead atoms. The van der Waals surface area contributed by atoms with Crippen LogP contribution in [0.3, 0.4) is 0 Å². The van der Waals surface area contributed by atoms with E-state index < -0.39 is 5.30 Å². The Morgan fingerprint density at radius 1 is 0.882 bits per heavy atom. The first kappa shape index (κ1) is 19.4. The quantitative estimate of drug-likeness (QED) is 0.491. The Morgan fingerprint density at radius 3 is 1.71 bits per heavy atom. The number of halogens is 1. The van der Waals surface area contributed by atoms with Crippen molar-refractivity contribution in [3.63, 3.8) is 0 Å². The van der Waals surface area contributed by atoms with Gasteiger partial charge in [-0.3, -0.25) is 0 Å². The fourth-order valence-corrected chi connectivity index (χ4v) is 2.27. The lowest BCUT2D eigenvalue weighted by atomic mass is 10.1. The molecule has 0 aromatic carbocycles. The van der Waals surface area contributed by atoms with E-state index in [2.05, 4.69) is 6.92 Å². The van der Waals surface area contributed by atoms with Crippen molar-refractivity contribution >= 4 is 29.5 Å². The van der Waals surface area contributed by atoms with Gasteiger partial charge >= 0.3 is 5.30 Å². The lowest BCUT2D eigenvalue weighted by Gasteiger charge is -2.01. The zero-order valence-corrected chi connectivity index (χ0v) is 12.6. The third-order valence-electron chi connectivity index (χ3n) is 2.72. The first-order valence-electron chi connectivity index (χ1n) is 6.63. The van der Waals surface area contributed by atoms with Gasteiger partial charge in [-0.25, -0.2) is 4.79 Å². The van der Waals surface area contributed by atoms with Gasteiger partial charge < -0.3 is 5.11 Å². The van der Waals surface area contributed by atoms with Crippen molar-refractivity contribution in [1.29, 1.82) is 0 Å². The SMILES string of the molecule is CCCCCCCCCCCCSC(=O)O.Cl. The monoisotopic (exact) mass is 282 g/mol. The van der Waals surface area contributed by atoms with Crippen molar-refractivity contribution in [3.8, 4) is 0 Å². The summed E-state index contributed by atoms with van der Waals surface area (Å²) in [5, 5.41) is 7.68. The second-order valence-corrected chi connectivity index (χ2v) is 5.34. The molecule has 17 heavy (non-hydrogen) atoms. The average Bonchev–Trinajstić information content (AvgIpc) is 2.25. The molecule has 0 radical (unpaired) electrons. The summed E-state index contributed by atoms with van der Waals surface area (Å²) < 4.78 is 0. The largest absolute Gasteiger partial charge is 0.473 e. The highest BCUT2D eigenvalue weighted by molar-refractivity contribution is 8.13. The minimum atomic E-state index is -0.740. The Bertz CT molecular complexity index is 165. The van der Waals surface area contributed by atoms with Gasteiger partial charge in [0.1, 0.15) is 0 Å². The molecule has 0 saturated carbocycles. The molecule has 0 aliphatic heterocycles. The molecule has 0 amide bonds. The maximum atomic E-state index is 10.2. The van der Waals surface area contributed by atoms with E-state index in [-0.39, 0.29) is 12.4 Å². The zero-order chi connectivity index (χ0) is 12.1. The lowest BCUT2D eigenvalue weighted by Crippen LogP contribution is -1.88. The molecule has 0 fully saturated rings. The average molecular weight is 283 g/mol. The Hall–Kier alpha value is 0.110. The second kappa shape index (κ2) is 16.1. The molecule has 1 N–H and O–H groups in total. The van der Waals surface area contributed by atoms with Gasteiger partial charge in [0.2, 0.25) is 0 Å². The van der Waals surface area contributed by atoms with Gasteiger partial charge in [0.15, 0.2) is 0 Å². The van der Waals surface area contributed by atoms with E-state index in [0.29, 0.717) is 0 Å². The molecule has 0 spiro atoms. The van der Waals surface area contributed by atoms with Gasteiger partial charge in [0.25, 0.3) is 0 Å². The maximum absolute atomic E-state index is 10.2. The minimum Gasteiger partial charge on any atom is -0.473 e. The number of hydrogen-bond donors (Lipinski definition) is 1. The number of carboxylic acid groups (broad SMARTS) is 1. The van der Waals surface area contributed by atoms with Crippen molar-refractivity contribution in [2.75, 3.05) is 5.75 Å². The van der Waals surface area contributed by atoms with E-state index in [0.717, 1.165) is 23.9 Å². The molecule has 0 heterocycles. The summed E-state index contributed by atoms with van der Waals surface area (Å²) >= 11 is 1.03. The number of carbonyl (C=O) groups is 1. The van der Waals surface area contributed by atoms with Gasteiger partial charge in [-0.15, -0.1) is 12.4 Å². The van der Waals surface area contributed by atoms with Gasteiger partial charge in [-0.05, 0) is 18.2 Å². The smallest absolute Gasteiger partial charge is 0.364 e. The first-order chi connectivity index (χ1) is 7.77. The van der Waals surface area contributed by atoms with Crippen molar-refractivity contribution < 1.29 is 9.90 Å². The molecule has 104 valence electrons. The van der Waals surface area contributed by atoms with E-state index in [1.807, 2.05) is 0 Å². The number of hydrogen-bond acceptors (Lipinski definition) is 2. The predicted octanol–water partition coefficient (Wildman–Crippen LogP) is 5.74. The Balaban J connectivity index is 0. The van der Waals surface area contributed by atoms with Crippen LogP contribution < -0.4 is 0 Å². The summed E-state index contributed by atoms with van der Waals surface area (Å²) in [5.74, 6) is 0.770. The van der Waals surface area contributed by atoms with Crippen LogP contribution in [0.15, 0.2) is 0 Å². The van der Waals surface area contributed by atoms with Crippen molar-refractivity contribution in [3.05, 3.63) is 0 Å². The molecule has 0 rings (SSSR count). The summed E-state index contributed by atoms with van der Waals surface area (Å²) in [4.78, 5) is 10.2. The standard InChI is InChI=1S/C13H26O2S.ClH/c1-2-3-4-5-6-7-8-9-10-11-12-16-13(14)15;/h2-12H2,1H3,(H,14,15);1H. The predicted molar refractivity (Wildman–Crippen MR) is 79.6 cm³/mol. The Morgan fingerprint density at radius 2 is 1.29 bits per heavy atom. The van der Waals surface area contributed by atoms with Crippen LogP contribution in [0.25, 0.3) is 0 Å². The van der Waals surface area contributed by atoms with Crippen molar-refractivity contribution in [2.45, 2.75) is 71.1 Å². The molecular formula is C13H27ClO2S. The van der Waals surface area contributed by atoms with Crippen molar-refractivity contribution in [2.24, 2.45) is 0 Å². The van der Waals surface area contributed by atoms with E-state index >= 15 is 0 Å². The van der Waals surface area contributed by atoms with Crippen LogP contribution in [0.5, 0.6) is 0 Å². The van der Waals surface area contributed by atoms with Gasteiger partial charge in [0.05, 0.1) is 0 Å². The van der Waals surface area contributed by atoms with E-state index in [9.17, 15) is 4.79 Å². The minimum absolute atomic E-state index is 0. The summed E-state index contributed by atoms with van der Waals surface area (Å²) in [6.07, 6.45) is 13.1. The molecule has 0 saturated heterocycles. The van der Waals surface area contributed by atoms with Crippen molar-refractivity contribution in [1.82, 2.24) is 0 Å². The zero-order valence-electron chi connectivity index (χ0n) is 11.0. The molecule has 0 aliphatic rings. The third kappa shape index (κ3) is 18.7. The normalized spacial score (nSPS) is 9.94. The van der Waals surface area contributed by atoms with Crippen LogP contribution in [-0.2, 0) is 0 Å². The first-order valence-corrected chi connectivity index (χ1v) is 7.61. The molecule has 0 unspecified atom stereocenters.